The summed E-state index contributed by atoms with van der Waals surface area (Å²) in [5.74, 6) is 0. The van der Waals surface area contributed by atoms with E-state index in [1.54, 1.807) is 0 Å². The van der Waals surface area contributed by atoms with Crippen molar-refractivity contribution in [3.8, 4) is 22.3 Å². The van der Waals surface area contributed by atoms with Gasteiger partial charge < -0.3 is 9.80 Å². The van der Waals surface area contributed by atoms with Crippen LogP contribution >= 0.6 is 0 Å². The quantitative estimate of drug-likeness (QED) is 0.170. The van der Waals surface area contributed by atoms with Gasteiger partial charge in [0.25, 0.3) is 0 Å². The third kappa shape index (κ3) is 6.59. The van der Waals surface area contributed by atoms with Crippen molar-refractivity contribution in [2.75, 3.05) is 9.80 Å². The molecule has 0 radical (unpaired) electrons. The monoisotopic (exact) mass is 606 g/mol. The fraction of sp³-hybridized carbons (Fsp3) is 0.0667. The minimum absolute atomic E-state index is 1.13. The number of benzene rings is 7. The zero-order valence-corrected chi connectivity index (χ0v) is 27.1. The van der Waals surface area contributed by atoms with Crippen LogP contribution in [0.25, 0.3) is 22.3 Å². The maximum absolute atomic E-state index is 2.31. The predicted molar refractivity (Wildman–Crippen MR) is 201 cm³/mol. The SMILES string of the molecule is Cc1ccc(N(c2ccccc2)c2ccc(-c3ccc(-c4ccc(N(c5ccc(C)cc5)c5ccc(C)cc5)cc4)cc3)cc2)cc1. The van der Waals surface area contributed by atoms with Gasteiger partial charge in [-0.25, -0.2) is 0 Å². The molecular formula is C45H38N2. The number of para-hydroxylation sites is 1. The molecule has 0 heterocycles. The lowest BCUT2D eigenvalue weighted by Crippen LogP contribution is -2.09. The van der Waals surface area contributed by atoms with Crippen molar-refractivity contribution < 1.29 is 0 Å². The molecule has 0 atom stereocenters. The van der Waals surface area contributed by atoms with Crippen LogP contribution in [0.2, 0.25) is 0 Å². The third-order valence-corrected chi connectivity index (χ3v) is 8.69. The van der Waals surface area contributed by atoms with E-state index in [4.69, 9.17) is 0 Å². The average Bonchev–Trinajstić information content (AvgIpc) is 3.12. The minimum Gasteiger partial charge on any atom is -0.311 e. The molecule has 0 aromatic heterocycles. The topological polar surface area (TPSA) is 6.48 Å². The molecule has 2 heteroatoms. The summed E-state index contributed by atoms with van der Waals surface area (Å²) in [5, 5.41) is 0. The summed E-state index contributed by atoms with van der Waals surface area (Å²) in [7, 11) is 0. The van der Waals surface area contributed by atoms with Crippen molar-refractivity contribution in [2.24, 2.45) is 0 Å². The fourth-order valence-corrected chi connectivity index (χ4v) is 6.01. The normalized spacial score (nSPS) is 10.9. The summed E-state index contributed by atoms with van der Waals surface area (Å²) >= 11 is 0. The van der Waals surface area contributed by atoms with Gasteiger partial charge in [0, 0.05) is 34.1 Å². The van der Waals surface area contributed by atoms with Gasteiger partial charge in [-0.3, -0.25) is 0 Å². The molecule has 0 aliphatic heterocycles. The Bertz CT molecular complexity index is 2000. The van der Waals surface area contributed by atoms with Gasteiger partial charge in [0.1, 0.15) is 0 Å². The second-order valence-corrected chi connectivity index (χ2v) is 12.2. The van der Waals surface area contributed by atoms with E-state index in [-0.39, 0.29) is 0 Å². The first-order chi connectivity index (χ1) is 23.0. The first-order valence-electron chi connectivity index (χ1n) is 16.2. The summed E-state index contributed by atoms with van der Waals surface area (Å²) < 4.78 is 0. The minimum atomic E-state index is 1.13. The van der Waals surface area contributed by atoms with Crippen LogP contribution in [0.15, 0.2) is 176 Å². The van der Waals surface area contributed by atoms with E-state index < -0.39 is 0 Å². The van der Waals surface area contributed by atoms with Crippen molar-refractivity contribution in [3.63, 3.8) is 0 Å². The van der Waals surface area contributed by atoms with E-state index >= 15 is 0 Å². The molecule has 228 valence electrons. The zero-order chi connectivity index (χ0) is 32.2. The molecule has 7 aromatic rings. The predicted octanol–water partition coefficient (Wildman–Crippen LogP) is 12.9. The Morgan fingerprint density at radius 2 is 0.447 bits per heavy atom. The molecule has 7 aromatic carbocycles. The van der Waals surface area contributed by atoms with Crippen molar-refractivity contribution >= 4 is 34.1 Å². The summed E-state index contributed by atoms with van der Waals surface area (Å²) in [6.07, 6.45) is 0. The van der Waals surface area contributed by atoms with Gasteiger partial charge in [-0.15, -0.1) is 0 Å². The second kappa shape index (κ2) is 13.2. The Hall–Kier alpha value is -5.86. The Morgan fingerprint density at radius 1 is 0.234 bits per heavy atom. The van der Waals surface area contributed by atoms with Gasteiger partial charge in [-0.2, -0.15) is 0 Å². The molecule has 0 N–H and O–H groups in total. The molecule has 47 heavy (non-hydrogen) atoms. The van der Waals surface area contributed by atoms with Gasteiger partial charge in [-0.05, 0) is 116 Å². The largest absolute Gasteiger partial charge is 0.311 e. The van der Waals surface area contributed by atoms with E-state index in [1.807, 2.05) is 0 Å². The van der Waals surface area contributed by atoms with Gasteiger partial charge in [-0.1, -0.05) is 120 Å². The van der Waals surface area contributed by atoms with E-state index in [9.17, 15) is 0 Å². The van der Waals surface area contributed by atoms with Crippen molar-refractivity contribution in [3.05, 3.63) is 193 Å². The van der Waals surface area contributed by atoms with E-state index in [2.05, 4.69) is 206 Å². The van der Waals surface area contributed by atoms with Gasteiger partial charge in [0.15, 0.2) is 0 Å². The van der Waals surface area contributed by atoms with Crippen LogP contribution in [0.1, 0.15) is 16.7 Å². The molecule has 0 bridgehead atoms. The average molecular weight is 607 g/mol. The molecule has 0 unspecified atom stereocenters. The van der Waals surface area contributed by atoms with Crippen LogP contribution in [-0.4, -0.2) is 0 Å². The molecular weight excluding hydrogens is 569 g/mol. The number of hydrogen-bond acceptors (Lipinski definition) is 2. The Labute approximate surface area is 278 Å². The first-order valence-corrected chi connectivity index (χ1v) is 16.2. The summed E-state index contributed by atoms with van der Waals surface area (Å²) in [4.78, 5) is 4.61. The van der Waals surface area contributed by atoms with Crippen LogP contribution in [0.4, 0.5) is 34.1 Å². The van der Waals surface area contributed by atoms with Crippen molar-refractivity contribution in [2.45, 2.75) is 20.8 Å². The number of rotatable bonds is 8. The highest BCUT2D eigenvalue weighted by atomic mass is 15.1. The molecule has 0 fully saturated rings. The van der Waals surface area contributed by atoms with Gasteiger partial charge >= 0.3 is 0 Å². The van der Waals surface area contributed by atoms with Crippen LogP contribution in [0, 0.1) is 20.8 Å². The summed E-state index contributed by atoms with van der Waals surface area (Å²) in [5.41, 5.74) is 15.4. The fourth-order valence-electron chi connectivity index (χ4n) is 6.01. The van der Waals surface area contributed by atoms with Gasteiger partial charge in [0.05, 0.1) is 0 Å². The van der Waals surface area contributed by atoms with E-state index in [0.717, 1.165) is 34.1 Å². The maximum atomic E-state index is 2.31. The molecule has 7 rings (SSSR count). The first kappa shape index (κ1) is 29.8. The van der Waals surface area contributed by atoms with Crippen molar-refractivity contribution in [1.82, 2.24) is 0 Å². The van der Waals surface area contributed by atoms with Crippen molar-refractivity contribution in [1.29, 1.82) is 0 Å². The molecule has 0 aliphatic rings. The highest BCUT2D eigenvalue weighted by molar-refractivity contribution is 5.80. The Kier molecular flexibility index (Phi) is 8.41. The summed E-state index contributed by atoms with van der Waals surface area (Å²) in [6, 6.07) is 63.3. The lowest BCUT2D eigenvalue weighted by atomic mass is 9.99. The molecule has 0 aliphatic carbocycles. The van der Waals surface area contributed by atoms with Crippen LogP contribution in [0.5, 0.6) is 0 Å². The Morgan fingerprint density at radius 3 is 0.723 bits per heavy atom. The number of aryl methyl sites for hydroxylation is 3. The maximum Gasteiger partial charge on any atom is 0.0462 e. The highest BCUT2D eigenvalue weighted by Gasteiger charge is 2.14. The lowest BCUT2D eigenvalue weighted by Gasteiger charge is -2.26. The number of anilines is 6. The number of hydrogen-bond donors (Lipinski definition) is 0. The molecule has 0 saturated heterocycles. The second-order valence-electron chi connectivity index (χ2n) is 12.2. The standard InChI is InChI=1S/C45H38N2/c1-33-9-23-41(24-10-33)46(40-7-5-4-6-8-40)44-29-19-38(20-30-44)36-15-17-37(18-16-36)39-21-31-45(32-22-39)47(42-25-11-34(2)12-26-42)43-27-13-35(3)14-28-43/h4-32H,1-3H3. The summed E-state index contributed by atoms with van der Waals surface area (Å²) in [6.45, 7) is 6.38. The van der Waals surface area contributed by atoms with Crippen LogP contribution < -0.4 is 9.80 Å². The third-order valence-electron chi connectivity index (χ3n) is 8.69. The molecule has 0 saturated carbocycles. The van der Waals surface area contributed by atoms with Crippen LogP contribution in [-0.2, 0) is 0 Å². The molecule has 0 amide bonds. The van der Waals surface area contributed by atoms with Crippen LogP contribution in [0.3, 0.4) is 0 Å². The number of nitrogens with zero attached hydrogens (tertiary/aromatic N) is 2. The smallest absolute Gasteiger partial charge is 0.0462 e. The van der Waals surface area contributed by atoms with E-state index in [0.29, 0.717) is 0 Å². The lowest BCUT2D eigenvalue weighted by molar-refractivity contribution is 1.27. The van der Waals surface area contributed by atoms with E-state index in [1.165, 1.54) is 38.9 Å². The Balaban J connectivity index is 1.13. The van der Waals surface area contributed by atoms with Gasteiger partial charge in [0.2, 0.25) is 0 Å². The molecule has 2 nitrogen and oxygen atoms in total. The highest BCUT2D eigenvalue weighted by Crippen LogP contribution is 2.38. The molecule has 0 spiro atoms. The zero-order valence-electron chi connectivity index (χ0n) is 27.1.